The SMILES string of the molecule is C=CC(=O)N1CCN(c2nc(=O)n(-c3c(C4CN(C)C4)cccc3S(C)(=O)=O)c3nc(-c4cccnc4N)c(F)cc23)[C@@H](C)C1. The quantitative estimate of drug-likeness (QED) is 0.314. The molecule has 1 amide bonds. The van der Waals surface area contributed by atoms with E-state index in [0.29, 0.717) is 38.3 Å². The van der Waals surface area contributed by atoms with Gasteiger partial charge in [0, 0.05) is 62.7 Å². The highest BCUT2D eigenvalue weighted by molar-refractivity contribution is 7.90. The van der Waals surface area contributed by atoms with E-state index < -0.39 is 21.3 Å². The minimum Gasteiger partial charge on any atom is -0.383 e. The summed E-state index contributed by atoms with van der Waals surface area (Å²) in [4.78, 5) is 45.2. The van der Waals surface area contributed by atoms with Gasteiger partial charge in [-0.1, -0.05) is 18.7 Å². The first-order valence-corrected chi connectivity index (χ1v) is 16.3. The standard InChI is InChI=1S/C31H33FN8O4S/c1-5-25(41)38-12-13-39(18(2)15-38)29-22-14-23(32)26(21-9-7-11-34-28(21)33)35-30(22)40(31(42)36-29)27-20(19-16-37(3)17-19)8-6-10-24(27)45(4,43)44/h5-11,14,18-19H,1,12-13,15-17H2,2-4H3,(H2,33,34)/t18-/m0/s1. The van der Waals surface area contributed by atoms with E-state index in [4.69, 9.17) is 5.73 Å². The zero-order valence-corrected chi connectivity index (χ0v) is 26.0. The molecule has 2 aliphatic heterocycles. The number of fused-ring (bicyclic) bond motifs is 1. The maximum absolute atomic E-state index is 16.0. The van der Waals surface area contributed by atoms with Crippen molar-refractivity contribution >= 4 is 38.4 Å². The van der Waals surface area contributed by atoms with Gasteiger partial charge < -0.3 is 20.4 Å². The van der Waals surface area contributed by atoms with Crippen LogP contribution in [0, 0.1) is 5.82 Å². The van der Waals surface area contributed by atoms with Gasteiger partial charge in [-0.2, -0.15) is 4.98 Å². The third kappa shape index (κ3) is 5.33. The Kier molecular flexibility index (Phi) is 7.65. The van der Waals surface area contributed by atoms with Crippen LogP contribution in [0.5, 0.6) is 0 Å². The van der Waals surface area contributed by atoms with E-state index >= 15 is 4.39 Å². The van der Waals surface area contributed by atoms with Gasteiger partial charge in [-0.05, 0) is 49.9 Å². The summed E-state index contributed by atoms with van der Waals surface area (Å²) in [6, 6.07) is 9.02. The number of para-hydroxylation sites is 1. The third-order valence-electron chi connectivity index (χ3n) is 8.44. The number of halogens is 1. The third-order valence-corrected chi connectivity index (χ3v) is 9.57. The molecule has 0 aliphatic carbocycles. The summed E-state index contributed by atoms with van der Waals surface area (Å²) in [6.45, 7) is 7.72. The number of nitrogen functional groups attached to an aromatic ring is 1. The number of carbonyl (C=O) groups excluding carboxylic acids is 1. The lowest BCUT2D eigenvalue weighted by Crippen LogP contribution is -2.54. The molecule has 0 bridgehead atoms. The largest absolute Gasteiger partial charge is 0.383 e. The van der Waals surface area contributed by atoms with E-state index in [1.807, 2.05) is 18.9 Å². The Hall–Kier alpha value is -4.69. The molecule has 0 saturated carbocycles. The molecule has 1 atom stereocenters. The number of rotatable bonds is 6. The van der Waals surface area contributed by atoms with Crippen molar-refractivity contribution in [2.75, 3.05) is 56.7 Å². The van der Waals surface area contributed by atoms with Crippen molar-refractivity contribution in [2.45, 2.75) is 23.8 Å². The topological polar surface area (TPSA) is 148 Å². The second-order valence-electron chi connectivity index (χ2n) is 11.6. The number of hydrogen-bond acceptors (Lipinski definition) is 10. The number of sulfone groups is 1. The molecule has 2 aliphatic rings. The number of carbonyl (C=O) groups is 1. The summed E-state index contributed by atoms with van der Waals surface area (Å²) < 4.78 is 43.5. The second kappa shape index (κ2) is 11.3. The average Bonchev–Trinajstić information content (AvgIpc) is 2.98. The van der Waals surface area contributed by atoms with Crippen LogP contribution >= 0.6 is 0 Å². The van der Waals surface area contributed by atoms with Gasteiger partial charge in [0.2, 0.25) is 5.91 Å². The van der Waals surface area contributed by atoms with Gasteiger partial charge in [-0.25, -0.2) is 32.1 Å². The number of amides is 1. The molecule has 6 rings (SSSR count). The number of nitrogens with zero attached hydrogens (tertiary/aromatic N) is 7. The summed E-state index contributed by atoms with van der Waals surface area (Å²) >= 11 is 0. The number of likely N-dealkylation sites (tertiary alicyclic amines) is 1. The van der Waals surface area contributed by atoms with Crippen LogP contribution in [0.3, 0.4) is 0 Å². The Morgan fingerprint density at radius 3 is 2.53 bits per heavy atom. The molecule has 234 valence electrons. The number of aromatic nitrogens is 4. The first-order chi connectivity index (χ1) is 21.4. The maximum atomic E-state index is 16.0. The lowest BCUT2D eigenvalue weighted by Gasteiger charge is -2.40. The van der Waals surface area contributed by atoms with Crippen LogP contribution < -0.4 is 16.3 Å². The van der Waals surface area contributed by atoms with Gasteiger partial charge in [0.15, 0.2) is 21.3 Å². The molecule has 12 nitrogen and oxygen atoms in total. The minimum atomic E-state index is -3.84. The molecular weight excluding hydrogens is 599 g/mol. The van der Waals surface area contributed by atoms with E-state index in [2.05, 4.69) is 26.4 Å². The highest BCUT2D eigenvalue weighted by Crippen LogP contribution is 2.37. The molecule has 0 radical (unpaired) electrons. The number of likely N-dealkylation sites (N-methyl/N-ethyl adjacent to an activating group) is 1. The number of piperazine rings is 1. The van der Waals surface area contributed by atoms with Crippen molar-refractivity contribution in [1.82, 2.24) is 29.3 Å². The predicted molar refractivity (Wildman–Crippen MR) is 170 cm³/mol. The zero-order chi connectivity index (χ0) is 32.2. The fourth-order valence-electron chi connectivity index (χ4n) is 6.24. The Morgan fingerprint density at radius 2 is 1.89 bits per heavy atom. The second-order valence-corrected chi connectivity index (χ2v) is 13.6. The molecule has 3 aromatic heterocycles. The lowest BCUT2D eigenvalue weighted by molar-refractivity contribution is -0.126. The van der Waals surface area contributed by atoms with Crippen molar-refractivity contribution in [1.29, 1.82) is 0 Å². The molecule has 45 heavy (non-hydrogen) atoms. The Bertz CT molecular complexity index is 2030. The molecule has 1 aromatic carbocycles. The molecular formula is C31H33FN8O4S. The Morgan fingerprint density at radius 1 is 1.13 bits per heavy atom. The number of hydrogen-bond donors (Lipinski definition) is 1. The number of pyridine rings is 2. The zero-order valence-electron chi connectivity index (χ0n) is 25.1. The first kappa shape index (κ1) is 30.3. The highest BCUT2D eigenvalue weighted by atomic mass is 32.2. The number of benzene rings is 1. The molecule has 2 saturated heterocycles. The normalized spacial score (nSPS) is 17.8. The molecule has 4 aromatic rings. The fraction of sp³-hybridized carbons (Fsp3) is 0.323. The Labute approximate surface area is 259 Å². The van der Waals surface area contributed by atoms with Crippen LogP contribution in [-0.4, -0.2) is 95.7 Å². The van der Waals surface area contributed by atoms with Gasteiger partial charge in [-0.15, -0.1) is 0 Å². The monoisotopic (exact) mass is 632 g/mol. The lowest BCUT2D eigenvalue weighted by atomic mass is 9.90. The molecule has 2 fully saturated rings. The van der Waals surface area contributed by atoms with E-state index in [9.17, 15) is 18.0 Å². The molecule has 14 heteroatoms. The van der Waals surface area contributed by atoms with E-state index in [1.54, 1.807) is 29.2 Å². The van der Waals surface area contributed by atoms with E-state index in [0.717, 1.165) is 6.26 Å². The van der Waals surface area contributed by atoms with Crippen LogP contribution in [0.2, 0.25) is 0 Å². The van der Waals surface area contributed by atoms with Crippen molar-refractivity contribution in [3.63, 3.8) is 0 Å². The minimum absolute atomic E-state index is 0.0199. The van der Waals surface area contributed by atoms with Crippen LogP contribution in [0.15, 0.2) is 64.9 Å². The van der Waals surface area contributed by atoms with Crippen molar-refractivity contribution in [3.8, 4) is 16.9 Å². The molecule has 2 N–H and O–H groups in total. The number of nitrogens with two attached hydrogens (primary N) is 1. The van der Waals surface area contributed by atoms with Crippen molar-refractivity contribution in [3.05, 3.63) is 77.1 Å². The smallest absolute Gasteiger partial charge is 0.355 e. The van der Waals surface area contributed by atoms with Gasteiger partial charge in [0.05, 0.1) is 16.0 Å². The van der Waals surface area contributed by atoms with Gasteiger partial charge in [-0.3, -0.25) is 4.79 Å². The molecule has 0 unspecified atom stereocenters. The van der Waals surface area contributed by atoms with E-state index in [-0.39, 0.29) is 62.4 Å². The van der Waals surface area contributed by atoms with Crippen LogP contribution in [0.1, 0.15) is 18.4 Å². The molecule has 5 heterocycles. The summed E-state index contributed by atoms with van der Waals surface area (Å²) in [7, 11) is -1.89. The van der Waals surface area contributed by atoms with Crippen LogP contribution in [0.4, 0.5) is 16.0 Å². The highest BCUT2D eigenvalue weighted by Gasteiger charge is 2.34. The van der Waals surface area contributed by atoms with Crippen molar-refractivity contribution in [2.24, 2.45) is 0 Å². The predicted octanol–water partition coefficient (Wildman–Crippen LogP) is 2.22. The van der Waals surface area contributed by atoms with Gasteiger partial charge in [0.1, 0.15) is 17.3 Å². The summed E-state index contributed by atoms with van der Waals surface area (Å²) in [5.41, 5.74) is 6.22. The van der Waals surface area contributed by atoms with Gasteiger partial charge in [0.25, 0.3) is 0 Å². The summed E-state index contributed by atoms with van der Waals surface area (Å²) in [5.74, 6) is -0.771. The van der Waals surface area contributed by atoms with Crippen LogP contribution in [0.25, 0.3) is 28.0 Å². The average molecular weight is 633 g/mol. The number of anilines is 2. The Balaban J connectivity index is 1.67. The van der Waals surface area contributed by atoms with Crippen LogP contribution in [-0.2, 0) is 14.6 Å². The summed E-state index contributed by atoms with van der Waals surface area (Å²) in [6.07, 6.45) is 3.80. The first-order valence-electron chi connectivity index (χ1n) is 14.4. The maximum Gasteiger partial charge on any atom is 0.355 e. The summed E-state index contributed by atoms with van der Waals surface area (Å²) in [5, 5.41) is 0.202. The fourth-order valence-corrected chi connectivity index (χ4v) is 7.12. The van der Waals surface area contributed by atoms with E-state index in [1.165, 1.54) is 29.0 Å². The van der Waals surface area contributed by atoms with Gasteiger partial charge >= 0.3 is 5.69 Å². The molecule has 0 spiro atoms. The van der Waals surface area contributed by atoms with Crippen molar-refractivity contribution < 1.29 is 17.6 Å².